The van der Waals surface area contributed by atoms with E-state index in [9.17, 15) is 0 Å². The summed E-state index contributed by atoms with van der Waals surface area (Å²) in [6.07, 6.45) is 11.3. The van der Waals surface area contributed by atoms with E-state index in [1.807, 2.05) is 0 Å². The van der Waals surface area contributed by atoms with Crippen molar-refractivity contribution in [3.63, 3.8) is 0 Å². The molecule has 0 saturated heterocycles. The Labute approximate surface area is 87.7 Å². The Morgan fingerprint density at radius 3 is 2.57 bits per heavy atom. The maximum absolute atomic E-state index is 5.38. The van der Waals surface area contributed by atoms with Gasteiger partial charge in [-0.3, -0.25) is 0 Å². The molecular formula is C13H21N. The number of nitrogens with one attached hydrogen (secondary N) is 1. The van der Waals surface area contributed by atoms with Crippen LogP contribution < -0.4 is 5.32 Å². The van der Waals surface area contributed by atoms with E-state index in [0.717, 1.165) is 17.8 Å². The zero-order chi connectivity index (χ0) is 10.1. The molecule has 0 aromatic rings. The first-order chi connectivity index (χ1) is 6.70. The fourth-order valence-corrected chi connectivity index (χ4v) is 3.47. The van der Waals surface area contributed by atoms with Crippen LogP contribution in [0.5, 0.6) is 0 Å². The molecule has 2 aliphatic rings. The third-order valence-corrected chi connectivity index (χ3v) is 4.20. The van der Waals surface area contributed by atoms with Crippen molar-refractivity contribution in [1.82, 2.24) is 5.32 Å². The molecular weight excluding hydrogens is 170 g/mol. The zero-order valence-electron chi connectivity index (χ0n) is 9.29. The van der Waals surface area contributed by atoms with E-state index in [2.05, 4.69) is 25.1 Å². The van der Waals surface area contributed by atoms with Crippen molar-refractivity contribution in [3.05, 3.63) is 0 Å². The van der Waals surface area contributed by atoms with Crippen LogP contribution in [0.1, 0.15) is 39.5 Å². The SMILES string of the molecule is C#CC(C)NC(C)C1CC2CCC1C2. The highest BCUT2D eigenvalue weighted by molar-refractivity contribution is 5.00. The van der Waals surface area contributed by atoms with Gasteiger partial charge in [0.25, 0.3) is 0 Å². The Kier molecular flexibility index (Phi) is 2.83. The third-order valence-electron chi connectivity index (χ3n) is 4.20. The molecule has 2 aliphatic carbocycles. The number of hydrogen-bond donors (Lipinski definition) is 1. The number of terminal acetylenes is 1. The standard InChI is InChI=1S/C13H21N/c1-4-9(2)14-10(3)13-8-11-5-6-12(13)7-11/h1,9-14H,5-8H2,2-3H3. The minimum absolute atomic E-state index is 0.226. The predicted molar refractivity (Wildman–Crippen MR) is 59.8 cm³/mol. The lowest BCUT2D eigenvalue weighted by molar-refractivity contribution is 0.256. The molecule has 2 saturated carbocycles. The minimum Gasteiger partial charge on any atom is -0.301 e. The van der Waals surface area contributed by atoms with E-state index < -0.39 is 0 Å². The molecule has 5 atom stereocenters. The maximum atomic E-state index is 5.38. The van der Waals surface area contributed by atoms with Crippen LogP contribution in [-0.4, -0.2) is 12.1 Å². The van der Waals surface area contributed by atoms with Crippen LogP contribution in [0.25, 0.3) is 0 Å². The summed E-state index contributed by atoms with van der Waals surface area (Å²) < 4.78 is 0. The fraction of sp³-hybridized carbons (Fsp3) is 0.846. The van der Waals surface area contributed by atoms with Crippen LogP contribution in [0.3, 0.4) is 0 Å². The van der Waals surface area contributed by atoms with Crippen molar-refractivity contribution in [1.29, 1.82) is 0 Å². The summed E-state index contributed by atoms with van der Waals surface area (Å²) >= 11 is 0. The maximum Gasteiger partial charge on any atom is 0.0660 e. The van der Waals surface area contributed by atoms with Crippen LogP contribution in [0.2, 0.25) is 0 Å². The van der Waals surface area contributed by atoms with Gasteiger partial charge in [-0.25, -0.2) is 0 Å². The van der Waals surface area contributed by atoms with Crippen LogP contribution in [0.4, 0.5) is 0 Å². The number of hydrogen-bond acceptors (Lipinski definition) is 1. The molecule has 1 heteroatoms. The van der Waals surface area contributed by atoms with Gasteiger partial charge in [-0.15, -0.1) is 6.42 Å². The third kappa shape index (κ3) is 1.81. The smallest absolute Gasteiger partial charge is 0.0660 e. The van der Waals surface area contributed by atoms with Crippen molar-refractivity contribution in [3.8, 4) is 12.3 Å². The molecule has 1 nitrogen and oxygen atoms in total. The lowest BCUT2D eigenvalue weighted by Gasteiger charge is -2.29. The lowest BCUT2D eigenvalue weighted by atomic mass is 9.84. The van der Waals surface area contributed by atoms with Crippen molar-refractivity contribution >= 4 is 0 Å². The van der Waals surface area contributed by atoms with Gasteiger partial charge >= 0.3 is 0 Å². The van der Waals surface area contributed by atoms with Gasteiger partial charge in [-0.1, -0.05) is 12.3 Å². The van der Waals surface area contributed by atoms with Crippen LogP contribution >= 0.6 is 0 Å². The predicted octanol–water partition coefficient (Wildman–Crippen LogP) is 2.42. The van der Waals surface area contributed by atoms with Crippen LogP contribution in [-0.2, 0) is 0 Å². The first-order valence-corrected chi connectivity index (χ1v) is 5.93. The molecule has 0 heterocycles. The molecule has 2 bridgehead atoms. The summed E-state index contributed by atoms with van der Waals surface area (Å²) in [5, 5.41) is 3.52. The van der Waals surface area contributed by atoms with Gasteiger partial charge in [0, 0.05) is 6.04 Å². The van der Waals surface area contributed by atoms with Gasteiger partial charge in [0.05, 0.1) is 6.04 Å². The Balaban J connectivity index is 1.87. The van der Waals surface area contributed by atoms with Gasteiger partial charge in [0.15, 0.2) is 0 Å². The summed E-state index contributed by atoms with van der Waals surface area (Å²) in [5.74, 6) is 5.68. The second-order valence-electron chi connectivity index (χ2n) is 5.18. The molecule has 14 heavy (non-hydrogen) atoms. The van der Waals surface area contributed by atoms with E-state index in [0.29, 0.717) is 6.04 Å². The quantitative estimate of drug-likeness (QED) is 0.676. The highest BCUT2D eigenvalue weighted by Crippen LogP contribution is 2.49. The molecule has 0 aliphatic heterocycles. The van der Waals surface area contributed by atoms with E-state index in [4.69, 9.17) is 6.42 Å². The molecule has 0 radical (unpaired) electrons. The first-order valence-electron chi connectivity index (χ1n) is 5.93. The Morgan fingerprint density at radius 2 is 2.07 bits per heavy atom. The van der Waals surface area contributed by atoms with E-state index in [1.165, 1.54) is 25.7 Å². The Bertz CT molecular complexity index is 240. The summed E-state index contributed by atoms with van der Waals surface area (Å²) in [6.45, 7) is 4.38. The van der Waals surface area contributed by atoms with Crippen molar-refractivity contribution in [2.24, 2.45) is 17.8 Å². The molecule has 0 aromatic carbocycles. The highest BCUT2D eigenvalue weighted by Gasteiger charge is 2.41. The number of fused-ring (bicyclic) bond motifs is 2. The van der Waals surface area contributed by atoms with E-state index in [1.54, 1.807) is 0 Å². The Morgan fingerprint density at radius 1 is 1.29 bits per heavy atom. The molecule has 0 amide bonds. The first kappa shape index (κ1) is 10.1. The van der Waals surface area contributed by atoms with Gasteiger partial charge in [0.2, 0.25) is 0 Å². The van der Waals surface area contributed by atoms with Crippen LogP contribution in [0, 0.1) is 30.1 Å². The lowest BCUT2D eigenvalue weighted by Crippen LogP contribution is -2.40. The highest BCUT2D eigenvalue weighted by atomic mass is 14.9. The molecule has 2 rings (SSSR count). The van der Waals surface area contributed by atoms with Gasteiger partial charge in [-0.05, 0) is 50.9 Å². The molecule has 2 fully saturated rings. The van der Waals surface area contributed by atoms with Crippen molar-refractivity contribution in [2.45, 2.75) is 51.6 Å². The summed E-state index contributed by atoms with van der Waals surface area (Å²) in [5.41, 5.74) is 0. The largest absolute Gasteiger partial charge is 0.301 e. The normalized spacial score (nSPS) is 39.4. The second-order valence-corrected chi connectivity index (χ2v) is 5.18. The molecule has 78 valence electrons. The average Bonchev–Trinajstić information content (AvgIpc) is 2.78. The van der Waals surface area contributed by atoms with Crippen molar-refractivity contribution < 1.29 is 0 Å². The minimum atomic E-state index is 0.226. The topological polar surface area (TPSA) is 12.0 Å². The molecule has 0 spiro atoms. The zero-order valence-corrected chi connectivity index (χ0v) is 9.29. The van der Waals surface area contributed by atoms with E-state index >= 15 is 0 Å². The molecule has 0 aromatic heterocycles. The molecule has 1 N–H and O–H groups in total. The van der Waals surface area contributed by atoms with Crippen molar-refractivity contribution in [2.75, 3.05) is 0 Å². The summed E-state index contributed by atoms with van der Waals surface area (Å²) in [7, 11) is 0. The number of rotatable bonds is 3. The second kappa shape index (κ2) is 3.95. The average molecular weight is 191 g/mol. The van der Waals surface area contributed by atoms with Gasteiger partial charge < -0.3 is 5.32 Å². The van der Waals surface area contributed by atoms with Gasteiger partial charge in [0.1, 0.15) is 0 Å². The van der Waals surface area contributed by atoms with Gasteiger partial charge in [-0.2, -0.15) is 0 Å². The van der Waals surface area contributed by atoms with Crippen LogP contribution in [0.15, 0.2) is 0 Å². The molecule has 5 unspecified atom stereocenters. The monoisotopic (exact) mass is 191 g/mol. The summed E-state index contributed by atoms with van der Waals surface area (Å²) in [6, 6.07) is 0.834. The fourth-order valence-electron chi connectivity index (χ4n) is 3.47. The summed E-state index contributed by atoms with van der Waals surface area (Å²) in [4.78, 5) is 0. The van der Waals surface area contributed by atoms with E-state index in [-0.39, 0.29) is 6.04 Å². The Hall–Kier alpha value is -0.480.